The minimum atomic E-state index is -0.0550. The van der Waals surface area contributed by atoms with E-state index in [2.05, 4.69) is 42.9 Å². The third kappa shape index (κ3) is 3.39. The molecule has 5 heteroatoms. The minimum Gasteiger partial charge on any atom is -0.380 e. The van der Waals surface area contributed by atoms with E-state index in [0.29, 0.717) is 6.10 Å². The van der Waals surface area contributed by atoms with Crippen LogP contribution >= 0.6 is 0 Å². The van der Waals surface area contributed by atoms with Crippen molar-refractivity contribution in [3.05, 3.63) is 11.9 Å². The first-order valence-corrected chi connectivity index (χ1v) is 7.35. The number of nitrogens with zero attached hydrogens (tertiary/aromatic N) is 3. The molecule has 1 fully saturated rings. The van der Waals surface area contributed by atoms with Crippen LogP contribution in [0.4, 0.5) is 11.6 Å². The highest BCUT2D eigenvalue weighted by atomic mass is 16.5. The lowest BCUT2D eigenvalue weighted by atomic mass is 9.96. The van der Waals surface area contributed by atoms with Crippen molar-refractivity contribution in [2.75, 3.05) is 37.0 Å². The fourth-order valence-corrected chi connectivity index (χ4v) is 2.33. The number of ether oxygens (including phenoxy) is 1. The Balaban J connectivity index is 2.30. The maximum absolute atomic E-state index is 5.44. The van der Waals surface area contributed by atoms with Gasteiger partial charge in [0, 0.05) is 38.2 Å². The highest BCUT2D eigenvalue weighted by molar-refractivity contribution is 5.50. The largest absolute Gasteiger partial charge is 0.380 e. The molecule has 1 N–H and O–H groups in total. The number of anilines is 2. The quantitative estimate of drug-likeness (QED) is 0.916. The monoisotopic (exact) mass is 278 g/mol. The number of aromatic nitrogens is 2. The summed E-state index contributed by atoms with van der Waals surface area (Å²) in [6, 6.07) is 2.04. The molecule has 20 heavy (non-hydrogen) atoms. The number of nitrogens with one attached hydrogen (secondary N) is 1. The van der Waals surface area contributed by atoms with Crippen molar-refractivity contribution in [1.29, 1.82) is 0 Å². The van der Waals surface area contributed by atoms with Crippen LogP contribution in [-0.2, 0) is 10.2 Å². The van der Waals surface area contributed by atoms with Crippen LogP contribution in [0, 0.1) is 0 Å². The Morgan fingerprint density at radius 2 is 2.15 bits per heavy atom. The molecule has 0 bridgehead atoms. The molecule has 2 rings (SSSR count). The van der Waals surface area contributed by atoms with Crippen molar-refractivity contribution >= 4 is 11.6 Å². The summed E-state index contributed by atoms with van der Waals surface area (Å²) in [6.45, 7) is 11.3. The topological polar surface area (TPSA) is 50.3 Å². The smallest absolute Gasteiger partial charge is 0.138 e. The van der Waals surface area contributed by atoms with E-state index in [1.165, 1.54) is 0 Å². The zero-order valence-electron chi connectivity index (χ0n) is 13.2. The summed E-state index contributed by atoms with van der Waals surface area (Å²) in [5.74, 6) is 2.79. The lowest BCUT2D eigenvalue weighted by Gasteiger charge is -2.23. The first kappa shape index (κ1) is 15.0. The van der Waals surface area contributed by atoms with Crippen molar-refractivity contribution in [3.8, 4) is 0 Å². The van der Waals surface area contributed by atoms with Gasteiger partial charge in [-0.3, -0.25) is 0 Å². The molecule has 0 saturated carbocycles. The Morgan fingerprint density at radius 1 is 1.40 bits per heavy atom. The second-order valence-corrected chi connectivity index (χ2v) is 6.31. The summed E-state index contributed by atoms with van der Waals surface area (Å²) in [7, 11) is 1.78. The van der Waals surface area contributed by atoms with Gasteiger partial charge in [0.2, 0.25) is 0 Å². The lowest BCUT2D eigenvalue weighted by molar-refractivity contribution is 0.121. The van der Waals surface area contributed by atoms with Crippen LogP contribution in [0.15, 0.2) is 6.07 Å². The second-order valence-electron chi connectivity index (χ2n) is 6.31. The molecule has 1 aliphatic heterocycles. The third-order valence-corrected chi connectivity index (χ3v) is 3.54. The van der Waals surface area contributed by atoms with Gasteiger partial charge in [-0.2, -0.15) is 0 Å². The van der Waals surface area contributed by atoms with E-state index in [-0.39, 0.29) is 5.41 Å². The molecule has 0 aromatic carbocycles. The highest BCUT2D eigenvalue weighted by Crippen LogP contribution is 2.26. The van der Waals surface area contributed by atoms with Crippen LogP contribution in [0.25, 0.3) is 0 Å². The second kappa shape index (κ2) is 5.95. The summed E-state index contributed by atoms with van der Waals surface area (Å²) >= 11 is 0. The standard InChI is InChI=1S/C15H26N4O/c1-6-16-12-9-13(18-14(17-12)15(2,3)4)19-8-7-11(10-19)20-5/h9,11H,6-8,10H2,1-5H3,(H,16,17,18). The average Bonchev–Trinajstić information content (AvgIpc) is 2.86. The first-order valence-electron chi connectivity index (χ1n) is 7.35. The van der Waals surface area contributed by atoms with Crippen molar-refractivity contribution in [3.63, 3.8) is 0 Å². The molecule has 1 aromatic heterocycles. The normalized spacial score (nSPS) is 19.4. The molecule has 1 unspecified atom stereocenters. The van der Waals surface area contributed by atoms with Gasteiger partial charge < -0.3 is 15.0 Å². The molecule has 1 saturated heterocycles. The number of methoxy groups -OCH3 is 1. The zero-order chi connectivity index (χ0) is 14.8. The van der Waals surface area contributed by atoms with Crippen molar-refractivity contribution in [2.45, 2.75) is 45.6 Å². The molecule has 0 spiro atoms. The predicted octanol–water partition coefficient (Wildman–Crippen LogP) is 2.43. The van der Waals surface area contributed by atoms with E-state index < -0.39 is 0 Å². The number of rotatable bonds is 4. The predicted molar refractivity (Wildman–Crippen MR) is 82.5 cm³/mol. The molecule has 2 heterocycles. The maximum atomic E-state index is 5.44. The molecule has 112 valence electrons. The van der Waals surface area contributed by atoms with Crippen LogP contribution in [-0.4, -0.2) is 42.8 Å². The Labute approximate surface area is 121 Å². The van der Waals surface area contributed by atoms with Crippen LogP contribution in [0.2, 0.25) is 0 Å². The van der Waals surface area contributed by atoms with Crippen molar-refractivity contribution in [1.82, 2.24) is 9.97 Å². The Hall–Kier alpha value is -1.36. The molecular weight excluding hydrogens is 252 g/mol. The van der Waals surface area contributed by atoms with Gasteiger partial charge in [-0.1, -0.05) is 20.8 Å². The Morgan fingerprint density at radius 3 is 2.70 bits per heavy atom. The molecule has 0 radical (unpaired) electrons. The molecule has 1 aliphatic rings. The Kier molecular flexibility index (Phi) is 4.48. The van der Waals surface area contributed by atoms with Gasteiger partial charge in [0.15, 0.2) is 0 Å². The molecule has 1 aromatic rings. The van der Waals surface area contributed by atoms with Gasteiger partial charge >= 0.3 is 0 Å². The van der Waals surface area contributed by atoms with Gasteiger partial charge in [0.25, 0.3) is 0 Å². The fraction of sp³-hybridized carbons (Fsp3) is 0.733. The fourth-order valence-electron chi connectivity index (χ4n) is 2.33. The zero-order valence-corrected chi connectivity index (χ0v) is 13.2. The molecular formula is C15H26N4O. The summed E-state index contributed by atoms with van der Waals surface area (Å²) in [5.41, 5.74) is -0.0550. The van der Waals surface area contributed by atoms with E-state index in [1.54, 1.807) is 7.11 Å². The summed E-state index contributed by atoms with van der Waals surface area (Å²) in [5, 5.41) is 3.30. The van der Waals surface area contributed by atoms with E-state index in [1.807, 2.05) is 6.07 Å². The molecule has 0 amide bonds. The van der Waals surface area contributed by atoms with E-state index >= 15 is 0 Å². The van der Waals surface area contributed by atoms with Crippen LogP contribution in [0.5, 0.6) is 0 Å². The van der Waals surface area contributed by atoms with Crippen LogP contribution in [0.1, 0.15) is 39.9 Å². The van der Waals surface area contributed by atoms with Gasteiger partial charge in [0.1, 0.15) is 17.5 Å². The van der Waals surface area contributed by atoms with E-state index in [4.69, 9.17) is 9.72 Å². The average molecular weight is 278 g/mol. The summed E-state index contributed by atoms with van der Waals surface area (Å²) in [6.07, 6.45) is 1.37. The summed E-state index contributed by atoms with van der Waals surface area (Å²) in [4.78, 5) is 11.7. The van der Waals surface area contributed by atoms with Gasteiger partial charge in [-0.25, -0.2) is 9.97 Å². The minimum absolute atomic E-state index is 0.0550. The molecule has 1 atom stereocenters. The Bertz CT molecular complexity index is 456. The number of hydrogen-bond acceptors (Lipinski definition) is 5. The lowest BCUT2D eigenvalue weighted by Crippen LogP contribution is -2.26. The number of hydrogen-bond donors (Lipinski definition) is 1. The molecule has 5 nitrogen and oxygen atoms in total. The summed E-state index contributed by atoms with van der Waals surface area (Å²) < 4.78 is 5.44. The van der Waals surface area contributed by atoms with E-state index in [0.717, 1.165) is 43.5 Å². The van der Waals surface area contributed by atoms with Gasteiger partial charge in [-0.15, -0.1) is 0 Å². The SMILES string of the molecule is CCNc1cc(N2CCC(OC)C2)nc(C(C)(C)C)n1. The third-order valence-electron chi connectivity index (χ3n) is 3.54. The van der Waals surface area contributed by atoms with Crippen molar-refractivity contribution in [2.24, 2.45) is 0 Å². The molecule has 0 aliphatic carbocycles. The van der Waals surface area contributed by atoms with E-state index in [9.17, 15) is 0 Å². The van der Waals surface area contributed by atoms with Gasteiger partial charge in [0.05, 0.1) is 6.10 Å². The highest BCUT2D eigenvalue weighted by Gasteiger charge is 2.26. The maximum Gasteiger partial charge on any atom is 0.138 e. The van der Waals surface area contributed by atoms with Crippen molar-refractivity contribution < 1.29 is 4.74 Å². The van der Waals surface area contributed by atoms with Crippen LogP contribution in [0.3, 0.4) is 0 Å². The van der Waals surface area contributed by atoms with Gasteiger partial charge in [-0.05, 0) is 13.3 Å². The first-order chi connectivity index (χ1) is 9.44. The van der Waals surface area contributed by atoms with Crippen LogP contribution < -0.4 is 10.2 Å².